The molecule has 1 aliphatic heterocycles. The number of carbonyl (C=O) groups excluding carboxylic acids is 2. The molecule has 102 valence electrons. The van der Waals surface area contributed by atoms with Gasteiger partial charge in [0, 0.05) is 18.9 Å². The summed E-state index contributed by atoms with van der Waals surface area (Å²) in [7, 11) is 0. The summed E-state index contributed by atoms with van der Waals surface area (Å²) in [5.74, 6) is 1.76. The van der Waals surface area contributed by atoms with Crippen LogP contribution >= 0.6 is 11.8 Å². The first kappa shape index (κ1) is 13.9. The van der Waals surface area contributed by atoms with Crippen molar-refractivity contribution in [3.05, 3.63) is 0 Å². The molecule has 2 atom stereocenters. The van der Waals surface area contributed by atoms with Crippen LogP contribution in [0, 0.1) is 11.8 Å². The largest absolute Gasteiger partial charge is 0.396 e. The minimum atomic E-state index is -0.0197. The standard InChI is InChI=1S/C13H21NO3S/c15-7-3-8-18-9-6-14-12(16)10-4-1-2-5-11(10)13(14)17/h10-11,15H,1-9H2. The van der Waals surface area contributed by atoms with Gasteiger partial charge in [-0.15, -0.1) is 0 Å². The number of fused-ring (bicyclic) bond motifs is 1. The number of aliphatic hydroxyl groups is 1. The Bertz CT molecular complexity index is 297. The van der Waals surface area contributed by atoms with E-state index in [0.717, 1.165) is 43.6 Å². The molecule has 0 radical (unpaired) electrons. The molecule has 0 aromatic rings. The topological polar surface area (TPSA) is 57.6 Å². The van der Waals surface area contributed by atoms with Crippen molar-refractivity contribution in [1.82, 2.24) is 4.90 Å². The van der Waals surface area contributed by atoms with Crippen molar-refractivity contribution >= 4 is 23.6 Å². The van der Waals surface area contributed by atoms with E-state index >= 15 is 0 Å². The van der Waals surface area contributed by atoms with Gasteiger partial charge < -0.3 is 5.11 Å². The number of amides is 2. The van der Waals surface area contributed by atoms with Crippen LogP contribution in [0.2, 0.25) is 0 Å². The van der Waals surface area contributed by atoms with Crippen molar-refractivity contribution in [2.24, 2.45) is 11.8 Å². The predicted molar refractivity (Wildman–Crippen MR) is 71.2 cm³/mol. The van der Waals surface area contributed by atoms with Crippen molar-refractivity contribution in [3.8, 4) is 0 Å². The SMILES string of the molecule is O=C1C2CCCCC2C(=O)N1CCSCCCO. The summed E-state index contributed by atoms with van der Waals surface area (Å²) in [5.41, 5.74) is 0. The number of thioether (sulfide) groups is 1. The first-order valence-electron chi connectivity index (χ1n) is 6.79. The quantitative estimate of drug-likeness (QED) is 0.584. The highest BCUT2D eigenvalue weighted by atomic mass is 32.2. The molecule has 1 heterocycles. The first-order chi connectivity index (χ1) is 8.75. The van der Waals surface area contributed by atoms with Gasteiger partial charge in [-0.25, -0.2) is 0 Å². The van der Waals surface area contributed by atoms with E-state index in [-0.39, 0.29) is 30.3 Å². The van der Waals surface area contributed by atoms with Crippen molar-refractivity contribution in [2.75, 3.05) is 24.7 Å². The molecule has 18 heavy (non-hydrogen) atoms. The van der Waals surface area contributed by atoms with Gasteiger partial charge in [0.05, 0.1) is 11.8 Å². The van der Waals surface area contributed by atoms with E-state index in [1.54, 1.807) is 11.8 Å². The highest BCUT2D eigenvalue weighted by Crippen LogP contribution is 2.37. The van der Waals surface area contributed by atoms with E-state index in [4.69, 9.17) is 5.11 Å². The number of likely N-dealkylation sites (tertiary alicyclic amines) is 1. The molecular formula is C13H21NO3S. The third-order valence-corrected chi connectivity index (χ3v) is 4.89. The smallest absolute Gasteiger partial charge is 0.233 e. The van der Waals surface area contributed by atoms with Gasteiger partial charge in [-0.2, -0.15) is 11.8 Å². The summed E-state index contributed by atoms with van der Waals surface area (Å²) < 4.78 is 0. The Morgan fingerprint density at radius 2 is 1.72 bits per heavy atom. The molecule has 0 spiro atoms. The van der Waals surface area contributed by atoms with Gasteiger partial charge in [0.25, 0.3) is 0 Å². The molecule has 0 bridgehead atoms. The second-order valence-electron chi connectivity index (χ2n) is 5.02. The number of hydrogen-bond acceptors (Lipinski definition) is 4. The molecule has 2 unspecified atom stereocenters. The average molecular weight is 271 g/mol. The number of hydrogen-bond donors (Lipinski definition) is 1. The highest BCUT2D eigenvalue weighted by Gasteiger charge is 2.47. The molecule has 2 fully saturated rings. The van der Waals surface area contributed by atoms with Crippen LogP contribution in [0.4, 0.5) is 0 Å². The van der Waals surface area contributed by atoms with Crippen molar-refractivity contribution in [1.29, 1.82) is 0 Å². The second-order valence-corrected chi connectivity index (χ2v) is 6.24. The molecule has 1 saturated carbocycles. The van der Waals surface area contributed by atoms with Gasteiger partial charge >= 0.3 is 0 Å². The Morgan fingerprint density at radius 3 is 2.28 bits per heavy atom. The summed E-state index contributed by atoms with van der Waals surface area (Å²) in [6, 6.07) is 0. The molecule has 1 saturated heterocycles. The Hall–Kier alpha value is -0.550. The van der Waals surface area contributed by atoms with Gasteiger partial charge in [-0.3, -0.25) is 14.5 Å². The number of aliphatic hydroxyl groups excluding tert-OH is 1. The third kappa shape index (κ3) is 2.88. The lowest BCUT2D eigenvalue weighted by Crippen LogP contribution is -2.33. The predicted octanol–water partition coefficient (Wildman–Crippen LogP) is 1.28. The minimum absolute atomic E-state index is 0.0197. The van der Waals surface area contributed by atoms with Gasteiger partial charge in [0.2, 0.25) is 11.8 Å². The Balaban J connectivity index is 1.81. The van der Waals surface area contributed by atoms with Crippen LogP contribution < -0.4 is 0 Å². The molecule has 0 aromatic carbocycles. The van der Waals surface area contributed by atoms with Gasteiger partial charge in [0.1, 0.15) is 0 Å². The van der Waals surface area contributed by atoms with E-state index < -0.39 is 0 Å². The second kappa shape index (κ2) is 6.57. The van der Waals surface area contributed by atoms with E-state index in [0.29, 0.717) is 6.54 Å². The summed E-state index contributed by atoms with van der Waals surface area (Å²) in [6.45, 7) is 0.749. The third-order valence-electron chi connectivity index (χ3n) is 3.84. The van der Waals surface area contributed by atoms with Crippen LogP contribution in [-0.2, 0) is 9.59 Å². The fourth-order valence-corrected chi connectivity index (χ4v) is 3.72. The number of carbonyl (C=O) groups is 2. The Morgan fingerprint density at radius 1 is 1.11 bits per heavy atom. The van der Waals surface area contributed by atoms with Gasteiger partial charge in [0.15, 0.2) is 0 Å². The first-order valence-corrected chi connectivity index (χ1v) is 7.95. The van der Waals surface area contributed by atoms with Crippen molar-refractivity contribution < 1.29 is 14.7 Å². The van der Waals surface area contributed by atoms with Gasteiger partial charge in [-0.05, 0) is 25.0 Å². The van der Waals surface area contributed by atoms with E-state index in [2.05, 4.69) is 0 Å². The lowest BCUT2D eigenvalue weighted by Gasteiger charge is -2.19. The lowest BCUT2D eigenvalue weighted by molar-refractivity contribution is -0.139. The van der Waals surface area contributed by atoms with Gasteiger partial charge in [-0.1, -0.05) is 12.8 Å². The minimum Gasteiger partial charge on any atom is -0.396 e. The Kier molecular flexibility index (Phi) is 5.06. The molecule has 2 rings (SSSR count). The summed E-state index contributed by atoms with van der Waals surface area (Å²) in [5, 5.41) is 8.67. The zero-order valence-electron chi connectivity index (χ0n) is 10.6. The van der Waals surface area contributed by atoms with Crippen LogP contribution in [0.15, 0.2) is 0 Å². The van der Waals surface area contributed by atoms with Crippen LogP contribution in [0.3, 0.4) is 0 Å². The van der Waals surface area contributed by atoms with Crippen molar-refractivity contribution in [3.63, 3.8) is 0 Å². The number of nitrogens with zero attached hydrogens (tertiary/aromatic N) is 1. The normalized spacial score (nSPS) is 27.7. The maximum absolute atomic E-state index is 12.1. The van der Waals surface area contributed by atoms with E-state index in [9.17, 15) is 9.59 Å². The molecule has 5 heteroatoms. The Labute approximate surface area is 112 Å². The maximum atomic E-state index is 12.1. The fraction of sp³-hybridized carbons (Fsp3) is 0.846. The molecular weight excluding hydrogens is 250 g/mol. The molecule has 2 aliphatic rings. The van der Waals surface area contributed by atoms with Crippen LogP contribution in [0.1, 0.15) is 32.1 Å². The zero-order valence-corrected chi connectivity index (χ0v) is 11.5. The molecule has 1 aliphatic carbocycles. The lowest BCUT2D eigenvalue weighted by atomic mass is 9.81. The molecule has 1 N–H and O–H groups in total. The van der Waals surface area contributed by atoms with E-state index in [1.165, 1.54) is 4.90 Å². The number of imide groups is 1. The van der Waals surface area contributed by atoms with Crippen LogP contribution in [0.25, 0.3) is 0 Å². The maximum Gasteiger partial charge on any atom is 0.233 e. The summed E-state index contributed by atoms with van der Waals surface area (Å²) in [4.78, 5) is 25.7. The van der Waals surface area contributed by atoms with Crippen molar-refractivity contribution in [2.45, 2.75) is 32.1 Å². The average Bonchev–Trinajstić information content (AvgIpc) is 2.64. The summed E-state index contributed by atoms with van der Waals surface area (Å²) >= 11 is 1.70. The monoisotopic (exact) mass is 271 g/mol. The fourth-order valence-electron chi connectivity index (χ4n) is 2.88. The zero-order chi connectivity index (χ0) is 13.0. The number of rotatable bonds is 6. The van der Waals surface area contributed by atoms with Crippen LogP contribution in [0.5, 0.6) is 0 Å². The molecule has 2 amide bonds. The molecule has 0 aromatic heterocycles. The molecule has 4 nitrogen and oxygen atoms in total. The highest BCUT2D eigenvalue weighted by molar-refractivity contribution is 7.99. The summed E-state index contributed by atoms with van der Waals surface area (Å²) in [6.07, 6.45) is 4.73. The van der Waals surface area contributed by atoms with Crippen LogP contribution in [-0.4, -0.2) is 46.5 Å². The van der Waals surface area contributed by atoms with E-state index in [1.807, 2.05) is 0 Å².